The van der Waals surface area contributed by atoms with E-state index in [0.717, 1.165) is 6.07 Å². The lowest BCUT2D eigenvalue weighted by molar-refractivity contribution is -0.0693. The Bertz CT molecular complexity index is 581. The first-order valence-corrected chi connectivity index (χ1v) is 7.07. The second kappa shape index (κ2) is 7.04. The molecule has 1 aromatic rings. The summed E-state index contributed by atoms with van der Waals surface area (Å²) in [4.78, 5) is 0. The molecule has 23 heavy (non-hydrogen) atoms. The highest BCUT2D eigenvalue weighted by molar-refractivity contribution is 5.47. The first-order valence-electron chi connectivity index (χ1n) is 7.07. The maximum atomic E-state index is 12.5. The molecule has 4 nitrogen and oxygen atoms in total. The van der Waals surface area contributed by atoms with E-state index in [9.17, 15) is 22.8 Å². The van der Waals surface area contributed by atoms with E-state index in [1.54, 1.807) is 0 Å². The maximum absolute atomic E-state index is 12.5. The van der Waals surface area contributed by atoms with Gasteiger partial charge in [0.25, 0.3) is 0 Å². The zero-order chi connectivity index (χ0) is 17.0. The number of hydrogen-bond acceptors (Lipinski definition) is 4. The third-order valence-corrected chi connectivity index (χ3v) is 4.03. The van der Waals surface area contributed by atoms with Crippen molar-refractivity contribution in [3.05, 3.63) is 23.8 Å². The SMILES string of the molecule is N#C[C@]1(c2ccc(OC(F)F)c(OC(F)F)c2)CC[C@@H](N)CC1. The van der Waals surface area contributed by atoms with Gasteiger partial charge in [-0.2, -0.15) is 22.8 Å². The number of nitrogens with zero attached hydrogens (tertiary/aromatic N) is 1. The molecule has 1 fully saturated rings. The molecule has 0 bridgehead atoms. The van der Waals surface area contributed by atoms with Crippen LogP contribution in [0.3, 0.4) is 0 Å². The standard InChI is InChI=1S/C15H16F4N2O2/c16-13(17)22-11-2-1-9(7-12(11)23-14(18)19)15(8-20)5-3-10(21)4-6-15/h1-2,7,10,13-14H,3-6,21H2/t10-,15+. The molecule has 0 saturated heterocycles. The molecule has 0 unspecified atom stereocenters. The van der Waals surface area contributed by atoms with E-state index in [-0.39, 0.29) is 6.04 Å². The fourth-order valence-corrected chi connectivity index (χ4v) is 2.79. The third-order valence-electron chi connectivity index (χ3n) is 4.03. The molecule has 1 saturated carbocycles. The molecule has 0 aliphatic heterocycles. The van der Waals surface area contributed by atoms with Gasteiger partial charge in [-0.15, -0.1) is 0 Å². The Balaban J connectivity index is 2.37. The molecule has 0 atom stereocenters. The molecule has 8 heteroatoms. The van der Waals surface area contributed by atoms with Gasteiger partial charge in [0.15, 0.2) is 11.5 Å². The summed E-state index contributed by atoms with van der Waals surface area (Å²) < 4.78 is 58.1. The fraction of sp³-hybridized carbons (Fsp3) is 0.533. The lowest BCUT2D eigenvalue weighted by Crippen LogP contribution is -2.36. The van der Waals surface area contributed by atoms with Gasteiger partial charge in [-0.3, -0.25) is 0 Å². The molecule has 1 aliphatic carbocycles. The van der Waals surface area contributed by atoms with Crippen LogP contribution >= 0.6 is 0 Å². The van der Waals surface area contributed by atoms with Crippen LogP contribution in [0.4, 0.5) is 17.6 Å². The van der Waals surface area contributed by atoms with Crippen molar-refractivity contribution in [3.63, 3.8) is 0 Å². The zero-order valence-corrected chi connectivity index (χ0v) is 12.1. The van der Waals surface area contributed by atoms with Crippen molar-refractivity contribution in [2.75, 3.05) is 0 Å². The van der Waals surface area contributed by atoms with E-state index in [4.69, 9.17) is 5.73 Å². The fourth-order valence-electron chi connectivity index (χ4n) is 2.79. The molecule has 0 radical (unpaired) electrons. The van der Waals surface area contributed by atoms with Crippen LogP contribution in [0.25, 0.3) is 0 Å². The Kier molecular flexibility index (Phi) is 5.31. The number of nitrogens with two attached hydrogens (primary N) is 1. The van der Waals surface area contributed by atoms with Gasteiger partial charge in [0, 0.05) is 6.04 Å². The quantitative estimate of drug-likeness (QED) is 0.837. The van der Waals surface area contributed by atoms with Gasteiger partial charge in [-0.25, -0.2) is 0 Å². The number of rotatable bonds is 5. The number of halogens is 4. The highest BCUT2D eigenvalue weighted by Gasteiger charge is 2.37. The molecule has 2 N–H and O–H groups in total. The van der Waals surface area contributed by atoms with Crippen molar-refractivity contribution < 1.29 is 27.0 Å². The Morgan fingerprint density at radius 2 is 1.65 bits per heavy atom. The highest BCUT2D eigenvalue weighted by Crippen LogP contribution is 2.42. The van der Waals surface area contributed by atoms with E-state index in [2.05, 4.69) is 15.5 Å². The minimum atomic E-state index is -3.19. The number of nitriles is 1. The van der Waals surface area contributed by atoms with Crippen molar-refractivity contribution in [1.82, 2.24) is 0 Å². The summed E-state index contributed by atoms with van der Waals surface area (Å²) in [7, 11) is 0. The predicted octanol–water partition coefficient (Wildman–Crippen LogP) is 3.55. The van der Waals surface area contributed by atoms with Crippen LogP contribution in [0, 0.1) is 11.3 Å². The average Bonchev–Trinajstić information content (AvgIpc) is 2.49. The lowest BCUT2D eigenvalue weighted by Gasteiger charge is -2.34. The van der Waals surface area contributed by atoms with Crippen molar-refractivity contribution in [2.45, 2.75) is 50.4 Å². The monoisotopic (exact) mass is 332 g/mol. The minimum absolute atomic E-state index is 0.00491. The van der Waals surface area contributed by atoms with Crippen LogP contribution in [0.15, 0.2) is 18.2 Å². The maximum Gasteiger partial charge on any atom is 0.387 e. The number of ether oxygens (including phenoxy) is 2. The Labute approximate surface area is 130 Å². The predicted molar refractivity (Wildman–Crippen MR) is 73.4 cm³/mol. The van der Waals surface area contributed by atoms with E-state index < -0.39 is 30.1 Å². The Morgan fingerprint density at radius 3 is 2.17 bits per heavy atom. The van der Waals surface area contributed by atoms with Crippen LogP contribution in [0.2, 0.25) is 0 Å². The van der Waals surface area contributed by atoms with E-state index in [1.807, 2.05) is 0 Å². The van der Waals surface area contributed by atoms with Gasteiger partial charge in [-0.05, 0) is 43.4 Å². The summed E-state index contributed by atoms with van der Waals surface area (Å²) in [5, 5.41) is 9.54. The normalized spacial score (nSPS) is 24.5. The van der Waals surface area contributed by atoms with Gasteiger partial charge in [0.05, 0.1) is 11.5 Å². The molecule has 0 spiro atoms. The molecule has 126 valence electrons. The number of hydrogen-bond donors (Lipinski definition) is 1. The van der Waals surface area contributed by atoms with Gasteiger partial charge < -0.3 is 15.2 Å². The molecule has 2 rings (SSSR count). The second-order valence-electron chi connectivity index (χ2n) is 5.45. The minimum Gasteiger partial charge on any atom is -0.431 e. The number of alkyl halides is 4. The van der Waals surface area contributed by atoms with Crippen LogP contribution in [0.5, 0.6) is 11.5 Å². The van der Waals surface area contributed by atoms with Crippen LogP contribution in [-0.4, -0.2) is 19.3 Å². The Morgan fingerprint density at radius 1 is 1.09 bits per heavy atom. The smallest absolute Gasteiger partial charge is 0.387 e. The molecular weight excluding hydrogens is 316 g/mol. The highest BCUT2D eigenvalue weighted by atomic mass is 19.3. The third kappa shape index (κ3) is 4.05. The molecular formula is C15H16F4N2O2. The van der Waals surface area contributed by atoms with Gasteiger partial charge >= 0.3 is 13.2 Å². The van der Waals surface area contributed by atoms with Crippen LogP contribution in [-0.2, 0) is 5.41 Å². The van der Waals surface area contributed by atoms with Gasteiger partial charge in [0.2, 0.25) is 0 Å². The number of benzene rings is 1. The van der Waals surface area contributed by atoms with E-state index >= 15 is 0 Å². The summed E-state index contributed by atoms with van der Waals surface area (Å²) in [6, 6.07) is 5.92. The average molecular weight is 332 g/mol. The summed E-state index contributed by atoms with van der Waals surface area (Å²) in [5.41, 5.74) is 5.37. The summed E-state index contributed by atoms with van der Waals surface area (Å²) in [6.45, 7) is -6.36. The summed E-state index contributed by atoms with van der Waals surface area (Å²) >= 11 is 0. The molecule has 1 aliphatic rings. The van der Waals surface area contributed by atoms with Crippen LogP contribution in [0.1, 0.15) is 31.2 Å². The van der Waals surface area contributed by atoms with E-state index in [0.29, 0.717) is 31.2 Å². The van der Waals surface area contributed by atoms with E-state index in [1.165, 1.54) is 12.1 Å². The molecule has 0 amide bonds. The first kappa shape index (κ1) is 17.3. The molecule has 1 aromatic carbocycles. The van der Waals surface area contributed by atoms with Gasteiger partial charge in [-0.1, -0.05) is 6.07 Å². The van der Waals surface area contributed by atoms with Crippen molar-refractivity contribution in [3.8, 4) is 17.6 Å². The molecule has 0 aromatic heterocycles. The van der Waals surface area contributed by atoms with Crippen LogP contribution < -0.4 is 15.2 Å². The first-order chi connectivity index (χ1) is 10.9. The topological polar surface area (TPSA) is 68.3 Å². The van der Waals surface area contributed by atoms with Crippen molar-refractivity contribution in [1.29, 1.82) is 5.26 Å². The van der Waals surface area contributed by atoms with Crippen molar-refractivity contribution in [2.24, 2.45) is 5.73 Å². The second-order valence-corrected chi connectivity index (χ2v) is 5.45. The van der Waals surface area contributed by atoms with Gasteiger partial charge in [0.1, 0.15) is 0 Å². The largest absolute Gasteiger partial charge is 0.431 e. The lowest BCUT2D eigenvalue weighted by atomic mass is 9.69. The zero-order valence-electron chi connectivity index (χ0n) is 12.1. The molecule has 0 heterocycles. The summed E-state index contributed by atoms with van der Waals surface area (Å²) in [5.74, 6) is -1.01. The van der Waals surface area contributed by atoms with Crippen molar-refractivity contribution >= 4 is 0 Å². The summed E-state index contributed by atoms with van der Waals surface area (Å²) in [6.07, 6.45) is 2.17. The Hall–Kier alpha value is -2.01.